The molecule has 0 unspecified atom stereocenters. The summed E-state index contributed by atoms with van der Waals surface area (Å²) in [5.74, 6) is -0.318. The van der Waals surface area contributed by atoms with Crippen molar-refractivity contribution in [3.8, 4) is 0 Å². The molecule has 0 radical (unpaired) electrons. The number of halogens is 1. The summed E-state index contributed by atoms with van der Waals surface area (Å²) in [5.41, 5.74) is 1.91. The van der Waals surface area contributed by atoms with Crippen molar-refractivity contribution >= 4 is 34.8 Å². The number of anilines is 2. The molecule has 0 aromatic heterocycles. The van der Waals surface area contributed by atoms with Crippen LogP contribution in [0.3, 0.4) is 0 Å². The van der Waals surface area contributed by atoms with Gasteiger partial charge in [-0.25, -0.2) is 0 Å². The van der Waals surface area contributed by atoms with Gasteiger partial charge in [-0.3, -0.25) is 9.59 Å². The van der Waals surface area contributed by atoms with Gasteiger partial charge in [-0.1, -0.05) is 30.7 Å². The highest BCUT2D eigenvalue weighted by Gasteiger charge is 2.07. The quantitative estimate of drug-likeness (QED) is 0.719. The van der Waals surface area contributed by atoms with Crippen LogP contribution in [0.1, 0.15) is 23.7 Å². The fraction of sp³-hybridized carbons (Fsp3) is 0.222. The Balaban J connectivity index is 1.89. The van der Waals surface area contributed by atoms with E-state index in [2.05, 4.69) is 16.0 Å². The van der Waals surface area contributed by atoms with Crippen molar-refractivity contribution in [2.24, 2.45) is 0 Å². The average molecular weight is 346 g/mol. The van der Waals surface area contributed by atoms with E-state index in [0.717, 1.165) is 6.42 Å². The Morgan fingerprint density at radius 1 is 1.04 bits per heavy atom. The van der Waals surface area contributed by atoms with Gasteiger partial charge in [-0.2, -0.15) is 0 Å². The number of nitrogens with one attached hydrogen (secondary N) is 3. The molecule has 2 rings (SSSR count). The third-order valence-corrected chi connectivity index (χ3v) is 3.46. The van der Waals surface area contributed by atoms with Crippen LogP contribution in [0.5, 0.6) is 0 Å². The first-order valence-electron chi connectivity index (χ1n) is 7.76. The molecule has 126 valence electrons. The van der Waals surface area contributed by atoms with Crippen LogP contribution in [0.15, 0.2) is 48.5 Å². The molecule has 24 heavy (non-hydrogen) atoms. The molecule has 0 atom stereocenters. The summed E-state index contributed by atoms with van der Waals surface area (Å²) in [5, 5.41) is 9.14. The van der Waals surface area contributed by atoms with Gasteiger partial charge in [0, 0.05) is 28.5 Å². The summed E-state index contributed by atoms with van der Waals surface area (Å²) >= 11 is 5.88. The molecule has 0 saturated carbocycles. The first-order valence-corrected chi connectivity index (χ1v) is 8.14. The largest absolute Gasteiger partial charge is 0.376 e. The predicted molar refractivity (Wildman–Crippen MR) is 97.6 cm³/mol. The summed E-state index contributed by atoms with van der Waals surface area (Å²) in [6.45, 7) is 2.72. The van der Waals surface area contributed by atoms with Crippen molar-refractivity contribution in [3.05, 3.63) is 59.1 Å². The van der Waals surface area contributed by atoms with Gasteiger partial charge in [-0.15, -0.1) is 0 Å². The van der Waals surface area contributed by atoms with Gasteiger partial charge in [0.2, 0.25) is 5.91 Å². The van der Waals surface area contributed by atoms with Gasteiger partial charge in [0.15, 0.2) is 0 Å². The number of benzene rings is 2. The number of hydrogen-bond acceptors (Lipinski definition) is 3. The molecule has 0 aliphatic rings. The summed E-state index contributed by atoms with van der Waals surface area (Å²) in [7, 11) is 0. The third kappa shape index (κ3) is 5.59. The van der Waals surface area contributed by atoms with Crippen molar-refractivity contribution in [2.45, 2.75) is 13.3 Å². The zero-order chi connectivity index (χ0) is 17.4. The van der Waals surface area contributed by atoms with E-state index in [4.69, 9.17) is 11.6 Å². The minimum atomic E-state index is -0.196. The SMILES string of the molecule is CCCNC(=O)c1cccc(NCC(=O)Nc2cccc(Cl)c2)c1. The zero-order valence-corrected chi connectivity index (χ0v) is 14.2. The molecule has 2 aromatic rings. The molecule has 0 bridgehead atoms. The van der Waals surface area contributed by atoms with Crippen molar-refractivity contribution in [1.29, 1.82) is 0 Å². The molecule has 0 spiro atoms. The predicted octanol–water partition coefficient (Wildman–Crippen LogP) is 3.53. The minimum absolute atomic E-state index is 0.0898. The maximum absolute atomic E-state index is 12.0. The molecule has 2 amide bonds. The van der Waals surface area contributed by atoms with Gasteiger partial charge < -0.3 is 16.0 Å². The summed E-state index contributed by atoms with van der Waals surface area (Å²) in [4.78, 5) is 23.9. The van der Waals surface area contributed by atoms with E-state index in [1.54, 1.807) is 42.5 Å². The molecule has 6 heteroatoms. The van der Waals surface area contributed by atoms with Gasteiger partial charge in [-0.05, 0) is 42.8 Å². The molecule has 0 aliphatic carbocycles. The highest BCUT2D eigenvalue weighted by Crippen LogP contribution is 2.15. The Kier molecular flexibility index (Phi) is 6.63. The van der Waals surface area contributed by atoms with Gasteiger partial charge in [0.25, 0.3) is 5.91 Å². The fourth-order valence-electron chi connectivity index (χ4n) is 2.06. The second kappa shape index (κ2) is 8.93. The lowest BCUT2D eigenvalue weighted by Gasteiger charge is -2.09. The first-order chi connectivity index (χ1) is 11.6. The molecule has 0 heterocycles. The molecular formula is C18H20ClN3O2. The zero-order valence-electron chi connectivity index (χ0n) is 13.4. The third-order valence-electron chi connectivity index (χ3n) is 3.22. The van der Waals surface area contributed by atoms with E-state index in [9.17, 15) is 9.59 Å². The monoisotopic (exact) mass is 345 g/mol. The van der Waals surface area contributed by atoms with E-state index in [0.29, 0.717) is 28.5 Å². The van der Waals surface area contributed by atoms with E-state index in [1.165, 1.54) is 0 Å². The Morgan fingerprint density at radius 2 is 1.79 bits per heavy atom. The first kappa shape index (κ1) is 17.8. The standard InChI is InChI=1S/C18H20ClN3O2/c1-2-9-20-18(24)13-5-3-7-15(10-13)21-12-17(23)22-16-8-4-6-14(19)11-16/h3-8,10-11,21H,2,9,12H2,1H3,(H,20,24)(H,22,23). The van der Waals surface area contributed by atoms with E-state index in [-0.39, 0.29) is 18.4 Å². The van der Waals surface area contributed by atoms with Crippen molar-refractivity contribution < 1.29 is 9.59 Å². The molecular weight excluding hydrogens is 326 g/mol. The van der Waals surface area contributed by atoms with Crippen LogP contribution in [0, 0.1) is 0 Å². The molecule has 5 nitrogen and oxygen atoms in total. The van der Waals surface area contributed by atoms with Crippen LogP contribution in [0.2, 0.25) is 5.02 Å². The highest BCUT2D eigenvalue weighted by atomic mass is 35.5. The Hall–Kier alpha value is -2.53. The van der Waals surface area contributed by atoms with Crippen molar-refractivity contribution in [2.75, 3.05) is 23.7 Å². The Morgan fingerprint density at radius 3 is 2.54 bits per heavy atom. The van der Waals surface area contributed by atoms with Crippen LogP contribution < -0.4 is 16.0 Å². The van der Waals surface area contributed by atoms with Gasteiger partial charge in [0.05, 0.1) is 6.54 Å². The number of hydrogen-bond donors (Lipinski definition) is 3. The minimum Gasteiger partial charge on any atom is -0.376 e. The van der Waals surface area contributed by atoms with E-state index >= 15 is 0 Å². The van der Waals surface area contributed by atoms with Crippen LogP contribution in [0.25, 0.3) is 0 Å². The maximum atomic E-state index is 12.0. The summed E-state index contributed by atoms with van der Waals surface area (Å²) < 4.78 is 0. The molecule has 3 N–H and O–H groups in total. The number of carbonyl (C=O) groups is 2. The molecule has 2 aromatic carbocycles. The maximum Gasteiger partial charge on any atom is 0.251 e. The molecule has 0 fully saturated rings. The molecule has 0 aliphatic heterocycles. The second-order valence-electron chi connectivity index (χ2n) is 5.25. The Labute approximate surface area is 146 Å². The number of amides is 2. The van der Waals surface area contributed by atoms with Gasteiger partial charge in [0.1, 0.15) is 0 Å². The topological polar surface area (TPSA) is 70.2 Å². The lowest BCUT2D eigenvalue weighted by atomic mass is 10.2. The number of rotatable bonds is 7. The Bertz CT molecular complexity index is 719. The smallest absolute Gasteiger partial charge is 0.251 e. The second-order valence-corrected chi connectivity index (χ2v) is 5.69. The summed E-state index contributed by atoms with van der Waals surface area (Å²) in [6.07, 6.45) is 0.882. The highest BCUT2D eigenvalue weighted by molar-refractivity contribution is 6.30. The lowest BCUT2D eigenvalue weighted by molar-refractivity contribution is -0.114. The normalized spacial score (nSPS) is 10.1. The van der Waals surface area contributed by atoms with E-state index in [1.807, 2.05) is 13.0 Å². The fourth-order valence-corrected chi connectivity index (χ4v) is 2.26. The van der Waals surface area contributed by atoms with Gasteiger partial charge >= 0.3 is 0 Å². The van der Waals surface area contributed by atoms with Crippen LogP contribution in [-0.2, 0) is 4.79 Å². The van der Waals surface area contributed by atoms with Crippen molar-refractivity contribution in [3.63, 3.8) is 0 Å². The summed E-state index contributed by atoms with van der Waals surface area (Å²) in [6, 6.07) is 14.0. The molecule has 0 saturated heterocycles. The average Bonchev–Trinajstić information content (AvgIpc) is 2.58. The number of carbonyl (C=O) groups excluding carboxylic acids is 2. The van der Waals surface area contributed by atoms with Crippen LogP contribution >= 0.6 is 11.6 Å². The van der Waals surface area contributed by atoms with Crippen molar-refractivity contribution in [1.82, 2.24) is 5.32 Å². The lowest BCUT2D eigenvalue weighted by Crippen LogP contribution is -2.24. The van der Waals surface area contributed by atoms with E-state index < -0.39 is 0 Å². The van der Waals surface area contributed by atoms with Crippen LogP contribution in [0.4, 0.5) is 11.4 Å². The van der Waals surface area contributed by atoms with Crippen LogP contribution in [-0.4, -0.2) is 24.9 Å².